The van der Waals surface area contributed by atoms with Crippen LogP contribution >= 0.6 is 0 Å². The van der Waals surface area contributed by atoms with E-state index in [0.717, 1.165) is 10.9 Å². The molecule has 0 fully saturated rings. The minimum atomic E-state index is -0.910. The maximum Gasteiger partial charge on any atom is 0.308 e. The minimum absolute atomic E-state index is 0.176. The van der Waals surface area contributed by atoms with Crippen LogP contribution < -0.4 is 0 Å². The summed E-state index contributed by atoms with van der Waals surface area (Å²) >= 11 is 0. The zero-order valence-corrected chi connectivity index (χ0v) is 12.4. The van der Waals surface area contributed by atoms with E-state index in [4.69, 9.17) is 5.11 Å². The van der Waals surface area contributed by atoms with Crippen molar-refractivity contribution in [2.75, 3.05) is 13.1 Å². The number of carbonyl (C=O) groups is 2. The lowest BCUT2D eigenvalue weighted by atomic mass is 10.1. The number of amides is 1. The lowest BCUT2D eigenvalue weighted by Crippen LogP contribution is -2.37. The second-order valence-electron chi connectivity index (χ2n) is 5.07. The number of carbonyl (C=O) groups excluding carboxylic acids is 1. The summed E-state index contributed by atoms with van der Waals surface area (Å²) in [5.74, 6) is -1.75. The number of para-hydroxylation sites is 1. The number of rotatable bonds is 5. The molecule has 2 rings (SSSR count). The molecule has 1 aromatic heterocycles. The topological polar surface area (TPSA) is 75.4 Å². The van der Waals surface area contributed by atoms with Crippen LogP contribution in [0.25, 0.3) is 10.9 Å². The monoisotopic (exact) mass is 289 g/mol. The van der Waals surface area contributed by atoms with Gasteiger partial charge < -0.3 is 10.0 Å². The molecular formula is C15H19N3O3. The molecule has 1 heterocycles. The van der Waals surface area contributed by atoms with E-state index >= 15 is 0 Å². The number of carboxylic acid groups (broad SMARTS) is 1. The summed E-state index contributed by atoms with van der Waals surface area (Å²) in [5.41, 5.74) is 1.25. The Morgan fingerprint density at radius 1 is 1.38 bits per heavy atom. The number of fused-ring (bicyclic) bond motifs is 1. The van der Waals surface area contributed by atoms with E-state index in [0.29, 0.717) is 12.2 Å². The minimum Gasteiger partial charge on any atom is -0.481 e. The molecular weight excluding hydrogens is 270 g/mol. The van der Waals surface area contributed by atoms with Gasteiger partial charge in [0.15, 0.2) is 5.69 Å². The van der Waals surface area contributed by atoms with E-state index in [1.165, 1.54) is 4.90 Å². The first-order valence-electron chi connectivity index (χ1n) is 6.89. The molecule has 6 nitrogen and oxygen atoms in total. The number of hydrogen-bond acceptors (Lipinski definition) is 3. The molecule has 6 heteroatoms. The lowest BCUT2D eigenvalue weighted by molar-refractivity contribution is -0.141. The van der Waals surface area contributed by atoms with Crippen LogP contribution in [0.4, 0.5) is 0 Å². The quantitative estimate of drug-likeness (QED) is 0.910. The van der Waals surface area contributed by atoms with Crippen LogP contribution in [0.5, 0.6) is 0 Å². The Balaban J connectivity index is 2.34. The van der Waals surface area contributed by atoms with Crippen molar-refractivity contribution in [3.63, 3.8) is 0 Å². The maximum atomic E-state index is 12.6. The van der Waals surface area contributed by atoms with Gasteiger partial charge in [0.25, 0.3) is 5.91 Å². The zero-order chi connectivity index (χ0) is 15.6. The van der Waals surface area contributed by atoms with Crippen LogP contribution in [0.15, 0.2) is 24.3 Å². The van der Waals surface area contributed by atoms with Gasteiger partial charge in [-0.2, -0.15) is 5.10 Å². The van der Waals surface area contributed by atoms with E-state index < -0.39 is 11.9 Å². The molecule has 0 saturated carbocycles. The predicted molar refractivity (Wildman–Crippen MR) is 79.1 cm³/mol. The van der Waals surface area contributed by atoms with Gasteiger partial charge >= 0.3 is 5.97 Å². The van der Waals surface area contributed by atoms with E-state index in [1.54, 1.807) is 18.7 Å². The van der Waals surface area contributed by atoms with Crippen molar-refractivity contribution < 1.29 is 14.7 Å². The fraction of sp³-hybridized carbons (Fsp3) is 0.400. The fourth-order valence-electron chi connectivity index (χ4n) is 2.29. The van der Waals surface area contributed by atoms with Gasteiger partial charge in [0.1, 0.15) is 0 Å². The predicted octanol–water partition coefficient (Wildman–Crippen LogP) is 1.76. The van der Waals surface area contributed by atoms with Gasteiger partial charge in [-0.3, -0.25) is 14.3 Å². The molecule has 0 spiro atoms. The average molecular weight is 289 g/mol. The number of aromatic nitrogens is 2. The van der Waals surface area contributed by atoms with Crippen LogP contribution in [-0.2, 0) is 11.8 Å². The summed E-state index contributed by atoms with van der Waals surface area (Å²) in [6, 6.07) is 7.50. The summed E-state index contributed by atoms with van der Waals surface area (Å²) in [6.07, 6.45) is 0. The highest BCUT2D eigenvalue weighted by Gasteiger charge is 2.24. The Labute approximate surface area is 123 Å². The molecule has 0 saturated heterocycles. The highest BCUT2D eigenvalue weighted by Crippen LogP contribution is 2.19. The van der Waals surface area contributed by atoms with Gasteiger partial charge in [-0.1, -0.05) is 25.1 Å². The summed E-state index contributed by atoms with van der Waals surface area (Å²) in [7, 11) is 1.79. The Morgan fingerprint density at radius 2 is 2.05 bits per heavy atom. The SMILES string of the molecule is CCN(CC(C)C(=O)O)C(=O)c1nn(C)c2ccccc12. The van der Waals surface area contributed by atoms with Gasteiger partial charge in [0, 0.05) is 25.5 Å². The van der Waals surface area contributed by atoms with Gasteiger partial charge in [0.05, 0.1) is 11.4 Å². The second-order valence-corrected chi connectivity index (χ2v) is 5.07. The molecule has 21 heavy (non-hydrogen) atoms. The first kappa shape index (κ1) is 15.0. The number of aliphatic carboxylic acids is 1. The molecule has 0 bridgehead atoms. The molecule has 0 aliphatic heterocycles. The fourth-order valence-corrected chi connectivity index (χ4v) is 2.29. The van der Waals surface area contributed by atoms with Crippen molar-refractivity contribution in [3.05, 3.63) is 30.0 Å². The second kappa shape index (κ2) is 5.95. The molecule has 2 aromatic rings. The van der Waals surface area contributed by atoms with E-state index in [-0.39, 0.29) is 12.5 Å². The van der Waals surface area contributed by atoms with Crippen molar-refractivity contribution in [3.8, 4) is 0 Å². The Kier molecular flexibility index (Phi) is 4.26. The van der Waals surface area contributed by atoms with Gasteiger partial charge in [-0.15, -0.1) is 0 Å². The van der Waals surface area contributed by atoms with Crippen LogP contribution in [-0.4, -0.2) is 44.8 Å². The van der Waals surface area contributed by atoms with Crippen molar-refractivity contribution >= 4 is 22.8 Å². The number of aryl methyl sites for hydroxylation is 1. The van der Waals surface area contributed by atoms with E-state index in [1.807, 2.05) is 31.2 Å². The summed E-state index contributed by atoms with van der Waals surface area (Å²) in [4.78, 5) is 25.1. The highest BCUT2D eigenvalue weighted by atomic mass is 16.4. The normalized spacial score (nSPS) is 12.3. The van der Waals surface area contributed by atoms with E-state index in [9.17, 15) is 9.59 Å². The summed E-state index contributed by atoms with van der Waals surface area (Å²) < 4.78 is 1.66. The van der Waals surface area contributed by atoms with Crippen LogP contribution in [0.1, 0.15) is 24.3 Å². The third-order valence-electron chi connectivity index (χ3n) is 3.55. The largest absolute Gasteiger partial charge is 0.481 e. The maximum absolute atomic E-state index is 12.6. The van der Waals surface area contributed by atoms with Crippen molar-refractivity contribution in [2.45, 2.75) is 13.8 Å². The summed E-state index contributed by atoms with van der Waals surface area (Å²) in [5, 5.41) is 14.1. The number of nitrogens with zero attached hydrogens (tertiary/aromatic N) is 3. The molecule has 0 radical (unpaired) electrons. The van der Waals surface area contributed by atoms with Crippen molar-refractivity contribution in [1.82, 2.24) is 14.7 Å². The molecule has 1 aromatic carbocycles. The molecule has 1 atom stereocenters. The van der Waals surface area contributed by atoms with Gasteiger partial charge in [-0.05, 0) is 13.0 Å². The standard InChI is InChI=1S/C15H19N3O3/c1-4-18(9-10(2)15(20)21)14(19)13-11-7-5-6-8-12(11)17(3)16-13/h5-8,10H,4,9H2,1-3H3,(H,20,21). The molecule has 1 unspecified atom stereocenters. The molecule has 0 aliphatic rings. The smallest absolute Gasteiger partial charge is 0.308 e. The molecule has 1 N–H and O–H groups in total. The van der Waals surface area contributed by atoms with Crippen molar-refractivity contribution in [1.29, 1.82) is 0 Å². The third kappa shape index (κ3) is 2.89. The van der Waals surface area contributed by atoms with Crippen LogP contribution in [0.2, 0.25) is 0 Å². The Hall–Kier alpha value is -2.37. The van der Waals surface area contributed by atoms with Crippen LogP contribution in [0.3, 0.4) is 0 Å². The average Bonchev–Trinajstić information content (AvgIpc) is 2.81. The molecule has 0 aliphatic carbocycles. The zero-order valence-electron chi connectivity index (χ0n) is 12.4. The van der Waals surface area contributed by atoms with Gasteiger partial charge in [0.2, 0.25) is 0 Å². The first-order valence-corrected chi connectivity index (χ1v) is 6.89. The summed E-state index contributed by atoms with van der Waals surface area (Å²) in [6.45, 7) is 4.04. The van der Waals surface area contributed by atoms with Gasteiger partial charge in [-0.25, -0.2) is 0 Å². The molecule has 112 valence electrons. The molecule has 1 amide bonds. The van der Waals surface area contributed by atoms with E-state index in [2.05, 4.69) is 5.10 Å². The number of carboxylic acids is 1. The Bertz CT molecular complexity index is 678. The van der Waals surface area contributed by atoms with Crippen molar-refractivity contribution in [2.24, 2.45) is 13.0 Å². The lowest BCUT2D eigenvalue weighted by Gasteiger charge is -2.22. The third-order valence-corrected chi connectivity index (χ3v) is 3.55. The number of hydrogen-bond donors (Lipinski definition) is 1. The Morgan fingerprint density at radius 3 is 2.67 bits per heavy atom. The highest BCUT2D eigenvalue weighted by molar-refractivity contribution is 6.04. The number of benzene rings is 1. The van der Waals surface area contributed by atoms with Crippen LogP contribution in [0, 0.1) is 5.92 Å². The first-order chi connectivity index (χ1) is 9.95.